The number of rotatable bonds is 4. The van der Waals surface area contributed by atoms with E-state index < -0.39 is 0 Å². The molecule has 0 saturated carbocycles. The van der Waals surface area contributed by atoms with Gasteiger partial charge in [-0.1, -0.05) is 17.7 Å². The van der Waals surface area contributed by atoms with Crippen molar-refractivity contribution >= 4 is 0 Å². The van der Waals surface area contributed by atoms with Crippen LogP contribution in [0.2, 0.25) is 0 Å². The summed E-state index contributed by atoms with van der Waals surface area (Å²) in [6.07, 6.45) is 2.61. The second kappa shape index (κ2) is 5.52. The quantitative estimate of drug-likeness (QED) is 0.841. The smallest absolute Gasteiger partial charge is 0.120 e. The summed E-state index contributed by atoms with van der Waals surface area (Å²) in [7, 11) is 0. The molecule has 2 rings (SSSR count). The van der Waals surface area contributed by atoms with Gasteiger partial charge < -0.3 is 15.2 Å². The Balaban J connectivity index is 1.90. The summed E-state index contributed by atoms with van der Waals surface area (Å²) in [5, 5.41) is 13.2. The fourth-order valence-corrected chi connectivity index (χ4v) is 2.26. The lowest BCUT2D eigenvalue weighted by Crippen LogP contribution is -2.36. The van der Waals surface area contributed by atoms with E-state index in [4.69, 9.17) is 4.74 Å². The fourth-order valence-electron chi connectivity index (χ4n) is 2.26. The van der Waals surface area contributed by atoms with Gasteiger partial charge in [-0.25, -0.2) is 0 Å². The lowest BCUT2D eigenvalue weighted by atomic mass is 10.1. The van der Waals surface area contributed by atoms with Gasteiger partial charge in [0.15, 0.2) is 0 Å². The van der Waals surface area contributed by atoms with Gasteiger partial charge >= 0.3 is 0 Å². The lowest BCUT2D eigenvalue weighted by molar-refractivity contribution is 0.0831. The van der Waals surface area contributed by atoms with Gasteiger partial charge in [0.2, 0.25) is 0 Å². The Labute approximate surface area is 103 Å². The predicted molar refractivity (Wildman–Crippen MR) is 68.1 cm³/mol. The van der Waals surface area contributed by atoms with E-state index >= 15 is 0 Å². The number of hydrogen-bond donors (Lipinski definition) is 2. The van der Waals surface area contributed by atoms with Crippen LogP contribution in [0.25, 0.3) is 0 Å². The van der Waals surface area contributed by atoms with Crippen molar-refractivity contribution in [2.75, 3.05) is 6.61 Å². The molecular formula is C14H21NO2. The van der Waals surface area contributed by atoms with Gasteiger partial charge in [0.05, 0.1) is 6.10 Å². The minimum atomic E-state index is 0.321. The normalized spacial score (nSPS) is 21.6. The van der Waals surface area contributed by atoms with E-state index in [1.807, 2.05) is 19.1 Å². The van der Waals surface area contributed by atoms with Gasteiger partial charge in [-0.15, -0.1) is 0 Å². The highest BCUT2D eigenvalue weighted by Gasteiger charge is 2.21. The van der Waals surface area contributed by atoms with E-state index in [1.165, 1.54) is 5.56 Å². The number of phenolic OH excluding ortho intramolecular Hbond substituents is 1. The van der Waals surface area contributed by atoms with Crippen LogP contribution in [0.15, 0.2) is 18.2 Å². The van der Waals surface area contributed by atoms with Crippen LogP contribution in [0.3, 0.4) is 0 Å². The highest BCUT2D eigenvalue weighted by molar-refractivity contribution is 5.35. The largest absolute Gasteiger partial charge is 0.508 e. The number of nitrogens with one attached hydrogen (secondary N) is 1. The molecule has 1 saturated heterocycles. The first kappa shape index (κ1) is 12.4. The van der Waals surface area contributed by atoms with Gasteiger partial charge in [-0.3, -0.25) is 0 Å². The number of benzene rings is 1. The fraction of sp³-hybridized carbons (Fsp3) is 0.571. The zero-order valence-electron chi connectivity index (χ0n) is 10.6. The summed E-state index contributed by atoms with van der Waals surface area (Å²) in [4.78, 5) is 0. The van der Waals surface area contributed by atoms with Crippen LogP contribution in [-0.2, 0) is 11.3 Å². The average Bonchev–Trinajstić information content (AvgIpc) is 2.83. The van der Waals surface area contributed by atoms with Crippen molar-refractivity contribution in [3.05, 3.63) is 29.3 Å². The maximum Gasteiger partial charge on any atom is 0.120 e. The van der Waals surface area contributed by atoms with Gasteiger partial charge in [0, 0.05) is 24.8 Å². The molecule has 0 spiro atoms. The van der Waals surface area contributed by atoms with Crippen molar-refractivity contribution in [3.8, 4) is 5.75 Å². The summed E-state index contributed by atoms with van der Waals surface area (Å²) in [5.74, 6) is 0.364. The van der Waals surface area contributed by atoms with Crippen molar-refractivity contribution in [2.45, 2.75) is 45.4 Å². The first-order valence-electron chi connectivity index (χ1n) is 6.30. The molecule has 1 aliphatic heterocycles. The van der Waals surface area contributed by atoms with Crippen molar-refractivity contribution in [3.63, 3.8) is 0 Å². The highest BCUT2D eigenvalue weighted by atomic mass is 16.5. The first-order chi connectivity index (χ1) is 8.16. The summed E-state index contributed by atoms with van der Waals surface area (Å²) in [6.45, 7) is 5.75. The molecule has 1 aromatic rings. The Kier molecular flexibility index (Phi) is 4.02. The maximum absolute atomic E-state index is 9.74. The zero-order chi connectivity index (χ0) is 12.3. The predicted octanol–water partition coefficient (Wildman–Crippen LogP) is 2.36. The molecule has 1 aliphatic rings. The Morgan fingerprint density at radius 1 is 1.53 bits per heavy atom. The number of hydrogen-bond acceptors (Lipinski definition) is 3. The molecule has 0 aromatic heterocycles. The summed E-state index contributed by atoms with van der Waals surface area (Å²) < 4.78 is 5.63. The van der Waals surface area contributed by atoms with E-state index in [0.717, 1.165) is 25.0 Å². The molecule has 3 heteroatoms. The third-order valence-corrected chi connectivity index (χ3v) is 3.37. The van der Waals surface area contributed by atoms with Gasteiger partial charge in [-0.2, -0.15) is 0 Å². The molecule has 1 heterocycles. The molecule has 3 nitrogen and oxygen atoms in total. The van der Waals surface area contributed by atoms with Crippen molar-refractivity contribution in [1.29, 1.82) is 0 Å². The summed E-state index contributed by atoms with van der Waals surface area (Å²) in [6, 6.07) is 6.02. The molecule has 94 valence electrons. The average molecular weight is 235 g/mol. The molecule has 0 aliphatic carbocycles. The molecule has 1 aromatic carbocycles. The molecular weight excluding hydrogens is 214 g/mol. The van der Waals surface area contributed by atoms with Crippen molar-refractivity contribution in [2.24, 2.45) is 0 Å². The minimum absolute atomic E-state index is 0.321. The van der Waals surface area contributed by atoms with E-state index in [2.05, 4.69) is 12.2 Å². The number of ether oxygens (including phenoxy) is 1. The van der Waals surface area contributed by atoms with Gasteiger partial charge in [0.25, 0.3) is 0 Å². The van der Waals surface area contributed by atoms with Crippen LogP contribution in [0.4, 0.5) is 0 Å². The number of phenols is 1. The van der Waals surface area contributed by atoms with Crippen LogP contribution in [-0.4, -0.2) is 23.9 Å². The Hall–Kier alpha value is -1.06. The highest BCUT2D eigenvalue weighted by Crippen LogP contribution is 2.19. The third kappa shape index (κ3) is 3.20. The molecule has 0 radical (unpaired) electrons. The molecule has 17 heavy (non-hydrogen) atoms. The Bertz CT molecular complexity index is 372. The van der Waals surface area contributed by atoms with Crippen LogP contribution in [0.5, 0.6) is 5.75 Å². The van der Waals surface area contributed by atoms with Gasteiger partial charge in [-0.05, 0) is 32.8 Å². The molecule has 2 N–H and O–H groups in total. The summed E-state index contributed by atoms with van der Waals surface area (Å²) in [5.41, 5.74) is 2.12. The van der Waals surface area contributed by atoms with E-state index in [1.54, 1.807) is 6.07 Å². The monoisotopic (exact) mass is 235 g/mol. The van der Waals surface area contributed by atoms with E-state index in [0.29, 0.717) is 24.4 Å². The van der Waals surface area contributed by atoms with Gasteiger partial charge in [0.1, 0.15) is 5.75 Å². The van der Waals surface area contributed by atoms with Crippen molar-refractivity contribution in [1.82, 2.24) is 5.32 Å². The minimum Gasteiger partial charge on any atom is -0.508 e. The van der Waals surface area contributed by atoms with Crippen LogP contribution < -0.4 is 5.32 Å². The van der Waals surface area contributed by atoms with Crippen molar-refractivity contribution < 1.29 is 9.84 Å². The van der Waals surface area contributed by atoms with Crippen LogP contribution in [0.1, 0.15) is 30.9 Å². The molecule has 2 atom stereocenters. The standard InChI is InChI=1S/C14H21NO2/c1-10-5-6-13(16)12(8-10)9-15-11(2)14-4-3-7-17-14/h5-6,8,11,14-16H,3-4,7,9H2,1-2H3/t11-,14-/m1/s1. The lowest BCUT2D eigenvalue weighted by Gasteiger charge is -2.20. The third-order valence-electron chi connectivity index (χ3n) is 3.37. The van der Waals surface area contributed by atoms with Crippen LogP contribution >= 0.6 is 0 Å². The van der Waals surface area contributed by atoms with Crippen LogP contribution in [0, 0.1) is 6.92 Å². The molecule has 0 unspecified atom stereocenters. The SMILES string of the molecule is Cc1ccc(O)c(CN[C@H](C)[C@H]2CCCO2)c1. The molecule has 0 amide bonds. The maximum atomic E-state index is 9.74. The van der Waals surface area contributed by atoms with E-state index in [9.17, 15) is 5.11 Å². The topological polar surface area (TPSA) is 41.5 Å². The zero-order valence-corrected chi connectivity index (χ0v) is 10.6. The second-order valence-corrected chi connectivity index (χ2v) is 4.85. The Morgan fingerprint density at radius 3 is 3.06 bits per heavy atom. The molecule has 1 fully saturated rings. The number of aromatic hydroxyl groups is 1. The molecule has 0 bridgehead atoms. The van der Waals surface area contributed by atoms with E-state index in [-0.39, 0.29) is 0 Å². The number of aryl methyl sites for hydroxylation is 1. The Morgan fingerprint density at radius 2 is 2.35 bits per heavy atom. The second-order valence-electron chi connectivity index (χ2n) is 4.85. The summed E-state index contributed by atoms with van der Waals surface area (Å²) >= 11 is 0. The first-order valence-corrected chi connectivity index (χ1v) is 6.30.